The third-order valence-corrected chi connectivity index (χ3v) is 3.00. The highest BCUT2D eigenvalue weighted by molar-refractivity contribution is 5.89. The SMILES string of the molecule is CC.CCOCc1cc(C)c(CC)c(C2=C[CH]2)c1. The van der Waals surface area contributed by atoms with Crippen LogP contribution in [0.3, 0.4) is 0 Å². The van der Waals surface area contributed by atoms with Gasteiger partial charge in [-0.1, -0.05) is 32.9 Å². The number of hydrogen-bond acceptors (Lipinski definition) is 1. The minimum absolute atomic E-state index is 0.724. The second-order valence-electron chi connectivity index (χ2n) is 4.22. The molecular formula is C17H25O. The molecule has 0 amide bonds. The molecule has 0 aliphatic heterocycles. The fourth-order valence-electron chi connectivity index (χ4n) is 2.14. The van der Waals surface area contributed by atoms with E-state index in [1.54, 1.807) is 0 Å². The normalized spacial score (nSPS) is 12.6. The van der Waals surface area contributed by atoms with Crippen LogP contribution >= 0.6 is 0 Å². The Morgan fingerprint density at radius 3 is 2.28 bits per heavy atom. The van der Waals surface area contributed by atoms with Crippen LogP contribution in [0.5, 0.6) is 0 Å². The van der Waals surface area contributed by atoms with Crippen LogP contribution in [-0.2, 0) is 17.8 Å². The van der Waals surface area contributed by atoms with Gasteiger partial charge in [-0.05, 0) is 54.2 Å². The standard InChI is InChI=1S/C15H19O.C2H6/c1-4-14-11(3)8-12(10-16-5-2)9-15(14)13-6-7-13;1-2/h6-9H,4-5,10H2,1-3H3;1-2H3. The van der Waals surface area contributed by atoms with Crippen LogP contribution in [0.15, 0.2) is 18.2 Å². The van der Waals surface area contributed by atoms with Crippen LogP contribution < -0.4 is 0 Å². The molecule has 0 bridgehead atoms. The van der Waals surface area contributed by atoms with Gasteiger partial charge in [0.15, 0.2) is 0 Å². The van der Waals surface area contributed by atoms with E-state index in [2.05, 4.69) is 38.5 Å². The third-order valence-electron chi connectivity index (χ3n) is 3.00. The van der Waals surface area contributed by atoms with E-state index in [-0.39, 0.29) is 0 Å². The molecule has 99 valence electrons. The second-order valence-corrected chi connectivity index (χ2v) is 4.22. The molecule has 1 radical (unpaired) electrons. The Morgan fingerprint density at radius 1 is 1.11 bits per heavy atom. The van der Waals surface area contributed by atoms with Gasteiger partial charge in [0.25, 0.3) is 0 Å². The van der Waals surface area contributed by atoms with E-state index in [1.807, 2.05) is 20.8 Å². The van der Waals surface area contributed by atoms with Gasteiger partial charge >= 0.3 is 0 Å². The number of ether oxygens (including phenoxy) is 1. The van der Waals surface area contributed by atoms with Gasteiger partial charge in [-0.2, -0.15) is 0 Å². The van der Waals surface area contributed by atoms with E-state index in [4.69, 9.17) is 4.74 Å². The van der Waals surface area contributed by atoms with Crippen molar-refractivity contribution < 1.29 is 4.74 Å². The number of rotatable bonds is 5. The topological polar surface area (TPSA) is 9.23 Å². The molecule has 1 aromatic carbocycles. The van der Waals surface area contributed by atoms with Gasteiger partial charge < -0.3 is 4.74 Å². The van der Waals surface area contributed by atoms with Crippen molar-refractivity contribution in [2.45, 2.75) is 47.6 Å². The molecule has 0 atom stereocenters. The monoisotopic (exact) mass is 245 g/mol. The molecule has 2 rings (SSSR count). The molecule has 1 aliphatic carbocycles. The zero-order valence-corrected chi connectivity index (χ0v) is 12.3. The molecule has 0 saturated carbocycles. The molecule has 0 N–H and O–H groups in total. The minimum Gasteiger partial charge on any atom is -0.377 e. The molecule has 0 heterocycles. The summed E-state index contributed by atoms with van der Waals surface area (Å²) in [5.41, 5.74) is 6.93. The van der Waals surface area contributed by atoms with Gasteiger partial charge in [-0.3, -0.25) is 0 Å². The molecule has 0 spiro atoms. The van der Waals surface area contributed by atoms with Crippen molar-refractivity contribution in [3.8, 4) is 0 Å². The van der Waals surface area contributed by atoms with Crippen LogP contribution in [0.2, 0.25) is 0 Å². The fraction of sp³-hybridized carbons (Fsp3) is 0.471. The van der Waals surface area contributed by atoms with Crippen molar-refractivity contribution in [3.05, 3.63) is 46.9 Å². The van der Waals surface area contributed by atoms with Gasteiger partial charge in [0.2, 0.25) is 0 Å². The van der Waals surface area contributed by atoms with E-state index in [0.29, 0.717) is 0 Å². The van der Waals surface area contributed by atoms with Crippen molar-refractivity contribution in [1.82, 2.24) is 0 Å². The average Bonchev–Trinajstić information content (AvgIpc) is 3.22. The first-order valence-corrected chi connectivity index (χ1v) is 7.01. The summed E-state index contributed by atoms with van der Waals surface area (Å²) in [5, 5.41) is 0. The lowest BCUT2D eigenvalue weighted by Crippen LogP contribution is -1.98. The first kappa shape index (κ1) is 15.0. The number of benzene rings is 1. The quantitative estimate of drug-likeness (QED) is 0.729. The number of aryl methyl sites for hydroxylation is 1. The molecule has 1 aliphatic rings. The summed E-state index contributed by atoms with van der Waals surface area (Å²) < 4.78 is 5.47. The minimum atomic E-state index is 0.724. The molecule has 0 unspecified atom stereocenters. The van der Waals surface area contributed by atoms with Gasteiger partial charge in [-0.15, -0.1) is 0 Å². The highest BCUT2D eigenvalue weighted by atomic mass is 16.5. The molecule has 1 heteroatoms. The summed E-state index contributed by atoms with van der Waals surface area (Å²) in [6.07, 6.45) is 5.46. The largest absolute Gasteiger partial charge is 0.377 e. The number of hydrogen-bond donors (Lipinski definition) is 0. The third kappa shape index (κ3) is 3.71. The van der Waals surface area contributed by atoms with Crippen LogP contribution in [-0.4, -0.2) is 6.61 Å². The van der Waals surface area contributed by atoms with Crippen molar-refractivity contribution >= 4 is 5.57 Å². The Hall–Kier alpha value is -1.08. The predicted molar refractivity (Wildman–Crippen MR) is 79.5 cm³/mol. The van der Waals surface area contributed by atoms with Crippen LogP contribution in [0.1, 0.15) is 49.9 Å². The van der Waals surface area contributed by atoms with Gasteiger partial charge in [0, 0.05) is 13.0 Å². The van der Waals surface area contributed by atoms with Gasteiger partial charge in [0.05, 0.1) is 6.61 Å². The highest BCUT2D eigenvalue weighted by Gasteiger charge is 2.16. The first-order chi connectivity index (χ1) is 8.76. The van der Waals surface area contributed by atoms with E-state index >= 15 is 0 Å². The van der Waals surface area contributed by atoms with Crippen molar-refractivity contribution in [2.75, 3.05) is 6.61 Å². The average molecular weight is 245 g/mol. The number of allylic oxidation sites excluding steroid dienone is 2. The lowest BCUT2D eigenvalue weighted by Gasteiger charge is -2.12. The first-order valence-electron chi connectivity index (χ1n) is 7.01. The van der Waals surface area contributed by atoms with Crippen molar-refractivity contribution in [1.29, 1.82) is 0 Å². The lowest BCUT2D eigenvalue weighted by atomic mass is 9.95. The maximum Gasteiger partial charge on any atom is 0.0717 e. The summed E-state index contributed by atoms with van der Waals surface area (Å²) in [4.78, 5) is 0. The van der Waals surface area contributed by atoms with E-state index < -0.39 is 0 Å². The maximum absolute atomic E-state index is 5.47. The van der Waals surface area contributed by atoms with E-state index in [1.165, 1.54) is 27.8 Å². The Balaban J connectivity index is 0.000000771. The van der Waals surface area contributed by atoms with Gasteiger partial charge in [-0.25, -0.2) is 0 Å². The van der Waals surface area contributed by atoms with Crippen LogP contribution in [0.25, 0.3) is 5.57 Å². The summed E-state index contributed by atoms with van der Waals surface area (Å²) in [7, 11) is 0. The molecule has 1 nitrogen and oxygen atoms in total. The fourth-order valence-corrected chi connectivity index (χ4v) is 2.14. The maximum atomic E-state index is 5.47. The lowest BCUT2D eigenvalue weighted by molar-refractivity contribution is 0.134. The molecule has 0 aromatic heterocycles. The van der Waals surface area contributed by atoms with Gasteiger partial charge in [0.1, 0.15) is 0 Å². The molecule has 0 saturated heterocycles. The Labute approximate surface area is 112 Å². The molecule has 1 aromatic rings. The smallest absolute Gasteiger partial charge is 0.0717 e. The Kier molecular flexibility index (Phi) is 6.14. The van der Waals surface area contributed by atoms with Crippen LogP contribution in [0.4, 0.5) is 0 Å². The highest BCUT2D eigenvalue weighted by Crippen LogP contribution is 2.34. The molecule has 18 heavy (non-hydrogen) atoms. The summed E-state index contributed by atoms with van der Waals surface area (Å²) in [6, 6.07) is 4.53. The van der Waals surface area contributed by atoms with E-state index in [0.717, 1.165) is 19.6 Å². The van der Waals surface area contributed by atoms with Crippen molar-refractivity contribution in [2.24, 2.45) is 0 Å². The van der Waals surface area contributed by atoms with Crippen molar-refractivity contribution in [3.63, 3.8) is 0 Å². The molecular weight excluding hydrogens is 220 g/mol. The second kappa shape index (κ2) is 7.38. The predicted octanol–water partition coefficient (Wildman–Crippen LogP) is 4.72. The zero-order valence-electron chi connectivity index (χ0n) is 12.3. The summed E-state index contributed by atoms with van der Waals surface area (Å²) in [6.45, 7) is 11.9. The zero-order chi connectivity index (χ0) is 13.5. The Morgan fingerprint density at radius 2 is 1.78 bits per heavy atom. The summed E-state index contributed by atoms with van der Waals surface area (Å²) >= 11 is 0. The van der Waals surface area contributed by atoms with E-state index in [9.17, 15) is 0 Å². The van der Waals surface area contributed by atoms with Crippen LogP contribution in [0, 0.1) is 13.3 Å². The Bertz CT molecular complexity index is 416. The molecule has 0 fully saturated rings. The summed E-state index contributed by atoms with van der Waals surface area (Å²) in [5.74, 6) is 0.